The molecule has 1 rings (SSSR count). The van der Waals surface area contributed by atoms with E-state index < -0.39 is 5.97 Å². The lowest BCUT2D eigenvalue weighted by Crippen LogP contribution is -2.03. The molecule has 0 aliphatic carbocycles. The van der Waals surface area contributed by atoms with Crippen LogP contribution in [0.25, 0.3) is 0 Å². The fourth-order valence-electron chi connectivity index (χ4n) is 1.13. The van der Waals surface area contributed by atoms with Gasteiger partial charge in [0.1, 0.15) is 5.75 Å². The molecule has 0 aliphatic heterocycles. The van der Waals surface area contributed by atoms with E-state index in [0.717, 1.165) is 0 Å². The van der Waals surface area contributed by atoms with Crippen molar-refractivity contribution < 1.29 is 14.6 Å². The van der Waals surface area contributed by atoms with Gasteiger partial charge in [0.2, 0.25) is 0 Å². The Kier molecular flexibility index (Phi) is 4.16. The molecule has 0 aromatic heterocycles. The van der Waals surface area contributed by atoms with Gasteiger partial charge >= 0.3 is 5.97 Å². The van der Waals surface area contributed by atoms with Gasteiger partial charge in [-0.05, 0) is 24.6 Å². The minimum Gasteiger partial charge on any atom is -0.491 e. The second-order valence-electron chi connectivity index (χ2n) is 3.17. The molecule has 0 saturated heterocycles. The molecule has 0 bridgehead atoms. The van der Waals surface area contributed by atoms with Crippen molar-refractivity contribution in [1.29, 1.82) is 5.26 Å². The lowest BCUT2D eigenvalue weighted by Gasteiger charge is -2.08. The molecule has 0 amide bonds. The van der Waals surface area contributed by atoms with Crippen LogP contribution < -0.4 is 10.5 Å². The molecule has 5 heteroatoms. The normalized spacial score (nSPS) is 9.44. The maximum atomic E-state index is 10.7. The standard InChI is InChI=1S/C11H12N2O3/c12-5-1-2-6-16-10-7-8(11(14)15)3-4-9(10)13/h3-4,7H,1-2,6,13H2,(H,14,15). The quantitative estimate of drug-likeness (QED) is 0.581. The summed E-state index contributed by atoms with van der Waals surface area (Å²) in [6.07, 6.45) is 0.992. The molecule has 0 radical (unpaired) electrons. The van der Waals surface area contributed by atoms with Crippen LogP contribution in [0.4, 0.5) is 5.69 Å². The number of hydrogen-bond acceptors (Lipinski definition) is 4. The molecule has 0 saturated carbocycles. The zero-order valence-electron chi connectivity index (χ0n) is 8.64. The predicted molar refractivity (Wildman–Crippen MR) is 58.2 cm³/mol. The Balaban J connectivity index is 2.67. The number of hydrogen-bond donors (Lipinski definition) is 2. The topological polar surface area (TPSA) is 96.3 Å². The van der Waals surface area contributed by atoms with E-state index in [1.165, 1.54) is 18.2 Å². The number of nitrogens with zero attached hydrogens (tertiary/aromatic N) is 1. The molecule has 0 spiro atoms. The average Bonchev–Trinajstić information content (AvgIpc) is 2.26. The number of benzene rings is 1. The number of nitrogen functional groups attached to an aromatic ring is 1. The molecule has 0 unspecified atom stereocenters. The number of nitriles is 1. The van der Waals surface area contributed by atoms with Gasteiger partial charge in [-0.15, -0.1) is 0 Å². The summed E-state index contributed by atoms with van der Waals surface area (Å²) < 4.78 is 5.29. The van der Waals surface area contributed by atoms with Gasteiger partial charge in [0.25, 0.3) is 0 Å². The number of anilines is 1. The average molecular weight is 220 g/mol. The third kappa shape index (κ3) is 3.17. The molecule has 16 heavy (non-hydrogen) atoms. The lowest BCUT2D eigenvalue weighted by molar-refractivity contribution is 0.0696. The van der Waals surface area contributed by atoms with Gasteiger partial charge in [0.15, 0.2) is 0 Å². The predicted octanol–water partition coefficient (Wildman–Crippen LogP) is 1.65. The molecular formula is C11H12N2O3. The number of aromatic carboxylic acids is 1. The molecule has 0 fully saturated rings. The van der Waals surface area contributed by atoms with E-state index in [1.54, 1.807) is 0 Å². The number of nitrogens with two attached hydrogens (primary N) is 1. The van der Waals surface area contributed by atoms with Crippen LogP contribution in [-0.4, -0.2) is 17.7 Å². The maximum Gasteiger partial charge on any atom is 0.335 e. The van der Waals surface area contributed by atoms with E-state index in [2.05, 4.69) is 0 Å². The first-order valence-electron chi connectivity index (χ1n) is 4.77. The van der Waals surface area contributed by atoms with Crippen LogP contribution in [0.15, 0.2) is 18.2 Å². The smallest absolute Gasteiger partial charge is 0.335 e. The third-order valence-electron chi connectivity index (χ3n) is 1.95. The van der Waals surface area contributed by atoms with Gasteiger partial charge in [-0.25, -0.2) is 4.79 Å². The first-order chi connectivity index (χ1) is 7.65. The van der Waals surface area contributed by atoms with Crippen LogP contribution in [0.5, 0.6) is 5.75 Å². The minimum absolute atomic E-state index is 0.129. The summed E-state index contributed by atoms with van der Waals surface area (Å²) in [6.45, 7) is 0.348. The Morgan fingerprint density at radius 1 is 1.56 bits per heavy atom. The number of rotatable bonds is 5. The Bertz CT molecular complexity index is 424. The van der Waals surface area contributed by atoms with Crippen LogP contribution in [0, 0.1) is 11.3 Å². The molecule has 0 aliphatic rings. The highest BCUT2D eigenvalue weighted by atomic mass is 16.5. The SMILES string of the molecule is N#CCCCOc1cc(C(=O)O)ccc1N. The van der Waals surface area contributed by atoms with Crippen molar-refractivity contribution >= 4 is 11.7 Å². The maximum absolute atomic E-state index is 10.7. The number of carbonyl (C=O) groups is 1. The van der Waals surface area contributed by atoms with Crippen molar-refractivity contribution in [2.75, 3.05) is 12.3 Å². The van der Waals surface area contributed by atoms with Gasteiger partial charge in [-0.3, -0.25) is 0 Å². The largest absolute Gasteiger partial charge is 0.491 e. The van der Waals surface area contributed by atoms with Crippen LogP contribution >= 0.6 is 0 Å². The summed E-state index contributed by atoms with van der Waals surface area (Å²) in [6, 6.07) is 6.28. The molecule has 0 atom stereocenters. The van der Waals surface area contributed by atoms with Crippen molar-refractivity contribution in [3.8, 4) is 11.8 Å². The molecule has 1 aromatic rings. The van der Waals surface area contributed by atoms with Crippen molar-refractivity contribution in [3.63, 3.8) is 0 Å². The van der Waals surface area contributed by atoms with Crippen molar-refractivity contribution in [2.24, 2.45) is 0 Å². The van der Waals surface area contributed by atoms with Gasteiger partial charge in [0.05, 0.1) is 23.9 Å². The molecule has 5 nitrogen and oxygen atoms in total. The summed E-state index contributed by atoms with van der Waals surface area (Å²) in [4.78, 5) is 10.7. The van der Waals surface area contributed by atoms with Crippen LogP contribution in [0.2, 0.25) is 0 Å². The zero-order valence-corrected chi connectivity index (χ0v) is 8.64. The fraction of sp³-hybridized carbons (Fsp3) is 0.273. The molecule has 3 N–H and O–H groups in total. The number of ether oxygens (including phenoxy) is 1. The Morgan fingerprint density at radius 2 is 2.31 bits per heavy atom. The van der Waals surface area contributed by atoms with E-state index in [1.807, 2.05) is 6.07 Å². The summed E-state index contributed by atoms with van der Waals surface area (Å²) in [5, 5.41) is 17.1. The van der Waals surface area contributed by atoms with Crippen molar-refractivity contribution in [3.05, 3.63) is 23.8 Å². The fourth-order valence-corrected chi connectivity index (χ4v) is 1.13. The third-order valence-corrected chi connectivity index (χ3v) is 1.95. The van der Waals surface area contributed by atoms with Gasteiger partial charge < -0.3 is 15.6 Å². The Morgan fingerprint density at radius 3 is 2.94 bits per heavy atom. The summed E-state index contributed by atoms with van der Waals surface area (Å²) in [5.41, 5.74) is 6.14. The molecule has 84 valence electrons. The van der Waals surface area contributed by atoms with Crippen molar-refractivity contribution in [1.82, 2.24) is 0 Å². The summed E-state index contributed by atoms with van der Waals surface area (Å²) in [7, 11) is 0. The Labute approximate surface area is 93.1 Å². The van der Waals surface area contributed by atoms with Crippen molar-refractivity contribution in [2.45, 2.75) is 12.8 Å². The van der Waals surface area contributed by atoms with Gasteiger partial charge in [-0.1, -0.05) is 0 Å². The van der Waals surface area contributed by atoms with E-state index in [4.69, 9.17) is 20.8 Å². The first-order valence-corrected chi connectivity index (χ1v) is 4.77. The van der Waals surface area contributed by atoms with Crippen LogP contribution in [0.3, 0.4) is 0 Å². The van der Waals surface area contributed by atoms with Crippen LogP contribution in [0.1, 0.15) is 23.2 Å². The van der Waals surface area contributed by atoms with Crippen LogP contribution in [-0.2, 0) is 0 Å². The minimum atomic E-state index is -1.03. The Hall–Kier alpha value is -2.22. The number of unbranched alkanes of at least 4 members (excludes halogenated alkanes) is 1. The van der Waals surface area contributed by atoms with Gasteiger partial charge in [-0.2, -0.15) is 5.26 Å². The second-order valence-corrected chi connectivity index (χ2v) is 3.17. The van der Waals surface area contributed by atoms with E-state index >= 15 is 0 Å². The highest BCUT2D eigenvalue weighted by Crippen LogP contribution is 2.22. The molecular weight excluding hydrogens is 208 g/mol. The monoisotopic (exact) mass is 220 g/mol. The molecule has 1 aromatic carbocycles. The first kappa shape index (κ1) is 11.9. The molecule has 0 heterocycles. The van der Waals surface area contributed by atoms with E-state index in [9.17, 15) is 4.79 Å². The number of carboxylic acids is 1. The van der Waals surface area contributed by atoms with E-state index in [-0.39, 0.29) is 5.56 Å². The highest BCUT2D eigenvalue weighted by molar-refractivity contribution is 5.89. The number of carboxylic acid groups (broad SMARTS) is 1. The highest BCUT2D eigenvalue weighted by Gasteiger charge is 2.07. The summed E-state index contributed by atoms with van der Waals surface area (Å²) in [5.74, 6) is -0.681. The zero-order chi connectivity index (χ0) is 12.0. The lowest BCUT2D eigenvalue weighted by atomic mass is 10.2. The summed E-state index contributed by atoms with van der Waals surface area (Å²) >= 11 is 0. The second kappa shape index (κ2) is 5.61. The van der Waals surface area contributed by atoms with E-state index in [0.29, 0.717) is 30.9 Å². The van der Waals surface area contributed by atoms with Gasteiger partial charge in [0, 0.05) is 6.42 Å².